The minimum absolute atomic E-state index is 0.0163. The minimum Gasteiger partial charge on any atom is -0.481 e. The van der Waals surface area contributed by atoms with Gasteiger partial charge in [0.25, 0.3) is 0 Å². The van der Waals surface area contributed by atoms with Crippen molar-refractivity contribution in [3.8, 4) is 0 Å². The van der Waals surface area contributed by atoms with Gasteiger partial charge in [0.2, 0.25) is 0 Å². The second-order valence-corrected chi connectivity index (χ2v) is 7.29. The van der Waals surface area contributed by atoms with E-state index in [9.17, 15) is 9.59 Å². The zero-order valence-corrected chi connectivity index (χ0v) is 16.7. The van der Waals surface area contributed by atoms with Gasteiger partial charge in [-0.25, -0.2) is 0 Å². The van der Waals surface area contributed by atoms with Crippen molar-refractivity contribution in [2.45, 2.75) is 37.8 Å². The van der Waals surface area contributed by atoms with Crippen LogP contribution < -0.4 is 10.6 Å². The monoisotopic (exact) mass is 396 g/mol. The number of ether oxygens (including phenoxy) is 1. The smallest absolute Gasteiger partial charge is 0.307 e. The molecule has 0 amide bonds. The van der Waals surface area contributed by atoms with E-state index in [1.165, 1.54) is 23.8 Å². The van der Waals surface area contributed by atoms with Crippen molar-refractivity contribution in [1.29, 1.82) is 0 Å². The van der Waals surface area contributed by atoms with E-state index in [0.717, 1.165) is 31.5 Å². The average Bonchev–Trinajstić information content (AvgIpc) is 2.74. The number of fused-ring (bicyclic) bond motifs is 2. The van der Waals surface area contributed by atoms with Gasteiger partial charge in [-0.3, -0.25) is 9.59 Å². The fourth-order valence-electron chi connectivity index (χ4n) is 3.97. The second-order valence-electron chi connectivity index (χ2n) is 7.29. The normalized spacial score (nSPS) is 19.8. The Bertz CT molecular complexity index is 852. The highest BCUT2D eigenvalue weighted by Crippen LogP contribution is 2.26. The van der Waals surface area contributed by atoms with Gasteiger partial charge in [0.05, 0.1) is 20.0 Å². The van der Waals surface area contributed by atoms with Crippen LogP contribution in [0.1, 0.15) is 47.2 Å². The van der Waals surface area contributed by atoms with Gasteiger partial charge < -0.3 is 20.5 Å². The molecular formula is C23H28N2O4. The highest BCUT2D eigenvalue weighted by molar-refractivity contribution is 5.70. The third kappa shape index (κ3) is 5.65. The quantitative estimate of drug-likeness (QED) is 0.689. The molecule has 2 aromatic carbocycles. The van der Waals surface area contributed by atoms with E-state index >= 15 is 0 Å². The zero-order valence-electron chi connectivity index (χ0n) is 16.7. The third-order valence-corrected chi connectivity index (χ3v) is 5.41. The summed E-state index contributed by atoms with van der Waals surface area (Å²) in [5, 5.41) is 15.3. The number of carboxylic acids is 1. The van der Waals surface area contributed by atoms with Crippen LogP contribution in [-0.4, -0.2) is 37.2 Å². The number of nitrogens with one attached hydrogen (secondary N) is 2. The minimum atomic E-state index is -0.751. The molecule has 0 spiro atoms. The van der Waals surface area contributed by atoms with E-state index < -0.39 is 5.97 Å². The molecule has 0 saturated carbocycles. The topological polar surface area (TPSA) is 87.7 Å². The Balaban J connectivity index is 0.000000166. The Morgan fingerprint density at radius 2 is 1.38 bits per heavy atom. The zero-order chi connectivity index (χ0) is 20.6. The number of aliphatic carboxylic acids is 1. The fourth-order valence-corrected chi connectivity index (χ4v) is 3.97. The van der Waals surface area contributed by atoms with Crippen molar-refractivity contribution in [2.75, 3.05) is 20.2 Å². The van der Waals surface area contributed by atoms with E-state index in [0.29, 0.717) is 6.42 Å². The molecule has 6 heteroatoms. The highest BCUT2D eigenvalue weighted by atomic mass is 16.5. The van der Waals surface area contributed by atoms with Crippen LogP contribution in [0.4, 0.5) is 0 Å². The molecule has 2 atom stereocenters. The maximum Gasteiger partial charge on any atom is 0.307 e. The van der Waals surface area contributed by atoms with E-state index in [1.54, 1.807) is 0 Å². The molecule has 2 heterocycles. The Kier molecular flexibility index (Phi) is 7.38. The lowest BCUT2D eigenvalue weighted by Gasteiger charge is -2.25. The number of hydrogen-bond donors (Lipinski definition) is 3. The number of hydrogen-bond acceptors (Lipinski definition) is 5. The van der Waals surface area contributed by atoms with Crippen LogP contribution in [0.5, 0.6) is 0 Å². The SMILES string of the molecule is COC(=O)CC1NCCc2ccccc21.O=C(O)CC1NCCc2ccccc21. The van der Waals surface area contributed by atoms with Crippen molar-refractivity contribution < 1.29 is 19.4 Å². The largest absolute Gasteiger partial charge is 0.481 e. The van der Waals surface area contributed by atoms with Gasteiger partial charge in [-0.2, -0.15) is 0 Å². The lowest BCUT2D eigenvalue weighted by atomic mass is 9.93. The van der Waals surface area contributed by atoms with Gasteiger partial charge >= 0.3 is 11.9 Å². The Morgan fingerprint density at radius 3 is 1.86 bits per heavy atom. The first kappa shape index (κ1) is 21.0. The molecule has 2 aliphatic rings. The lowest BCUT2D eigenvalue weighted by Crippen LogP contribution is -2.31. The molecule has 2 aliphatic heterocycles. The molecular weight excluding hydrogens is 368 g/mol. The van der Waals surface area contributed by atoms with Crippen molar-refractivity contribution in [2.24, 2.45) is 0 Å². The molecule has 0 fully saturated rings. The van der Waals surface area contributed by atoms with Crippen LogP contribution in [0, 0.1) is 0 Å². The van der Waals surface area contributed by atoms with E-state index in [2.05, 4.69) is 33.6 Å². The van der Waals surface area contributed by atoms with E-state index in [1.807, 2.05) is 30.3 Å². The van der Waals surface area contributed by atoms with Gasteiger partial charge in [-0.15, -0.1) is 0 Å². The number of rotatable bonds is 4. The van der Waals surface area contributed by atoms with E-state index in [-0.39, 0.29) is 24.5 Å². The highest BCUT2D eigenvalue weighted by Gasteiger charge is 2.22. The first-order valence-corrected chi connectivity index (χ1v) is 9.99. The van der Waals surface area contributed by atoms with Crippen LogP contribution in [0.25, 0.3) is 0 Å². The van der Waals surface area contributed by atoms with Gasteiger partial charge in [0, 0.05) is 12.1 Å². The van der Waals surface area contributed by atoms with Crippen molar-refractivity contribution >= 4 is 11.9 Å². The molecule has 154 valence electrons. The molecule has 2 unspecified atom stereocenters. The molecule has 4 rings (SSSR count). The van der Waals surface area contributed by atoms with Gasteiger partial charge in [0.15, 0.2) is 0 Å². The van der Waals surface area contributed by atoms with E-state index in [4.69, 9.17) is 5.11 Å². The summed E-state index contributed by atoms with van der Waals surface area (Å²) in [6, 6.07) is 16.4. The summed E-state index contributed by atoms with van der Waals surface area (Å²) in [4.78, 5) is 21.9. The summed E-state index contributed by atoms with van der Waals surface area (Å²) >= 11 is 0. The Hall–Kier alpha value is -2.70. The predicted octanol–water partition coefficient (Wildman–Crippen LogP) is 2.78. The molecule has 6 nitrogen and oxygen atoms in total. The summed E-state index contributed by atoms with van der Waals surface area (Å²) in [6.07, 6.45) is 2.60. The molecule has 0 bridgehead atoms. The van der Waals surface area contributed by atoms with Crippen molar-refractivity contribution in [1.82, 2.24) is 10.6 Å². The first-order valence-electron chi connectivity index (χ1n) is 9.99. The van der Waals surface area contributed by atoms with Gasteiger partial charge in [-0.05, 0) is 48.2 Å². The second kappa shape index (κ2) is 10.2. The molecule has 2 aromatic rings. The number of methoxy groups -OCH3 is 1. The lowest BCUT2D eigenvalue weighted by molar-refractivity contribution is -0.141. The summed E-state index contributed by atoms with van der Waals surface area (Å²) in [6.45, 7) is 1.80. The molecule has 3 N–H and O–H groups in total. The van der Waals surface area contributed by atoms with Crippen LogP contribution in [0.15, 0.2) is 48.5 Å². The molecule has 29 heavy (non-hydrogen) atoms. The Morgan fingerprint density at radius 1 is 0.897 bits per heavy atom. The van der Waals surface area contributed by atoms with Crippen LogP contribution in [0.3, 0.4) is 0 Å². The predicted molar refractivity (Wildman–Crippen MR) is 111 cm³/mol. The summed E-state index contributed by atoms with van der Waals surface area (Å²) < 4.78 is 4.69. The first-order chi connectivity index (χ1) is 14.1. The molecule has 0 radical (unpaired) electrons. The Labute approximate surface area is 171 Å². The third-order valence-electron chi connectivity index (χ3n) is 5.41. The van der Waals surface area contributed by atoms with Crippen LogP contribution in [-0.2, 0) is 27.2 Å². The maximum absolute atomic E-state index is 11.2. The molecule has 0 saturated heterocycles. The number of esters is 1. The number of carbonyl (C=O) groups is 2. The summed E-state index contributed by atoms with van der Waals surface area (Å²) in [5.41, 5.74) is 4.98. The summed E-state index contributed by atoms with van der Waals surface area (Å²) in [5.74, 6) is -0.914. The fraction of sp³-hybridized carbons (Fsp3) is 0.391. The standard InChI is InChI=1S/C12H15NO2.C11H13NO2/c1-15-12(14)8-11-10-5-3-2-4-9(10)6-7-13-11;13-11(14)7-10-9-4-2-1-3-8(9)5-6-12-10/h2-5,11,13H,6-8H2,1H3;1-4,10,12H,5-7H2,(H,13,14). The van der Waals surface area contributed by atoms with Crippen molar-refractivity contribution in [3.63, 3.8) is 0 Å². The van der Waals surface area contributed by atoms with Crippen LogP contribution >= 0.6 is 0 Å². The molecule has 0 aromatic heterocycles. The number of carboxylic acid groups (broad SMARTS) is 1. The number of carbonyl (C=O) groups excluding carboxylic acids is 1. The molecule has 0 aliphatic carbocycles. The van der Waals surface area contributed by atoms with Crippen LogP contribution in [0.2, 0.25) is 0 Å². The number of benzene rings is 2. The maximum atomic E-state index is 11.2. The summed E-state index contributed by atoms with van der Waals surface area (Å²) in [7, 11) is 1.43. The van der Waals surface area contributed by atoms with Gasteiger partial charge in [0.1, 0.15) is 0 Å². The van der Waals surface area contributed by atoms with Gasteiger partial charge in [-0.1, -0.05) is 48.5 Å². The van der Waals surface area contributed by atoms with Crippen molar-refractivity contribution in [3.05, 3.63) is 70.8 Å². The average molecular weight is 396 g/mol.